The van der Waals surface area contributed by atoms with E-state index in [-0.39, 0.29) is 18.1 Å². The molecule has 0 spiro atoms. The van der Waals surface area contributed by atoms with E-state index in [2.05, 4.69) is 13.8 Å². The van der Waals surface area contributed by atoms with Crippen molar-refractivity contribution in [1.29, 1.82) is 0 Å². The Bertz CT molecular complexity index is 538. The Morgan fingerprint density at radius 2 is 2.05 bits per heavy atom. The van der Waals surface area contributed by atoms with Crippen molar-refractivity contribution in [3.05, 3.63) is 28.8 Å². The third kappa shape index (κ3) is 2.89. The number of hydrogen-bond donors (Lipinski definition) is 0. The first-order chi connectivity index (χ1) is 10.1. The van der Waals surface area contributed by atoms with Gasteiger partial charge < -0.3 is 9.64 Å². The standard InChI is InChI=1S/C17H22ClNO2/c1-11(2)19(14-5-3-4-6-14)17(20)16-10-12-9-13(18)7-8-15(12)21-16/h7-9,11,14,16H,3-6,10H2,1-2H3. The van der Waals surface area contributed by atoms with Gasteiger partial charge in [-0.15, -0.1) is 0 Å². The first kappa shape index (κ1) is 14.7. The highest BCUT2D eigenvalue weighted by Gasteiger charge is 2.37. The van der Waals surface area contributed by atoms with E-state index < -0.39 is 0 Å². The van der Waals surface area contributed by atoms with Crippen molar-refractivity contribution >= 4 is 17.5 Å². The fraction of sp³-hybridized carbons (Fsp3) is 0.588. The van der Waals surface area contributed by atoms with Crippen LogP contribution in [0.1, 0.15) is 45.1 Å². The van der Waals surface area contributed by atoms with E-state index in [0.29, 0.717) is 17.5 Å². The monoisotopic (exact) mass is 307 g/mol. The van der Waals surface area contributed by atoms with Crippen molar-refractivity contribution in [2.45, 2.75) is 64.1 Å². The molecule has 21 heavy (non-hydrogen) atoms. The molecule has 114 valence electrons. The van der Waals surface area contributed by atoms with Gasteiger partial charge in [0.15, 0.2) is 6.10 Å². The molecular formula is C17H22ClNO2. The number of benzene rings is 1. The summed E-state index contributed by atoms with van der Waals surface area (Å²) in [6.45, 7) is 4.18. The second kappa shape index (κ2) is 5.88. The zero-order valence-corrected chi connectivity index (χ0v) is 13.4. The maximum atomic E-state index is 12.9. The second-order valence-corrected chi connectivity index (χ2v) is 6.78. The summed E-state index contributed by atoms with van der Waals surface area (Å²) in [5, 5.41) is 0.696. The van der Waals surface area contributed by atoms with Gasteiger partial charge in [-0.25, -0.2) is 0 Å². The summed E-state index contributed by atoms with van der Waals surface area (Å²) >= 11 is 6.02. The van der Waals surface area contributed by atoms with Gasteiger partial charge in [-0.2, -0.15) is 0 Å². The number of amides is 1. The van der Waals surface area contributed by atoms with Crippen LogP contribution in [0.3, 0.4) is 0 Å². The molecule has 3 rings (SSSR count). The van der Waals surface area contributed by atoms with Gasteiger partial charge in [-0.05, 0) is 50.5 Å². The van der Waals surface area contributed by atoms with Crippen LogP contribution in [0.4, 0.5) is 0 Å². The number of ether oxygens (including phenoxy) is 1. The van der Waals surface area contributed by atoms with Gasteiger partial charge in [-0.3, -0.25) is 4.79 Å². The van der Waals surface area contributed by atoms with Crippen molar-refractivity contribution < 1.29 is 9.53 Å². The Morgan fingerprint density at radius 1 is 1.33 bits per heavy atom. The minimum absolute atomic E-state index is 0.129. The molecule has 1 fully saturated rings. The molecule has 1 aliphatic carbocycles. The Morgan fingerprint density at radius 3 is 2.71 bits per heavy atom. The quantitative estimate of drug-likeness (QED) is 0.849. The van der Waals surface area contributed by atoms with Crippen LogP contribution in [0.25, 0.3) is 0 Å². The lowest BCUT2D eigenvalue weighted by atomic mass is 10.1. The van der Waals surface area contributed by atoms with Gasteiger partial charge in [0.05, 0.1) is 0 Å². The third-order valence-electron chi connectivity index (χ3n) is 4.50. The van der Waals surface area contributed by atoms with Crippen molar-refractivity contribution in [3.8, 4) is 5.75 Å². The van der Waals surface area contributed by atoms with Crippen LogP contribution in [0.2, 0.25) is 5.02 Å². The molecule has 0 saturated heterocycles. The van der Waals surface area contributed by atoms with Gasteiger partial charge in [-0.1, -0.05) is 24.4 Å². The maximum absolute atomic E-state index is 12.9. The fourth-order valence-corrected chi connectivity index (χ4v) is 3.75. The molecule has 1 heterocycles. The summed E-state index contributed by atoms with van der Waals surface area (Å²) in [5.74, 6) is 0.928. The second-order valence-electron chi connectivity index (χ2n) is 6.34. The molecule has 0 N–H and O–H groups in total. The van der Waals surface area contributed by atoms with E-state index in [1.807, 2.05) is 23.1 Å². The summed E-state index contributed by atoms with van der Waals surface area (Å²) in [7, 11) is 0. The highest BCUT2D eigenvalue weighted by molar-refractivity contribution is 6.30. The molecule has 1 unspecified atom stereocenters. The van der Waals surface area contributed by atoms with Crippen molar-refractivity contribution in [1.82, 2.24) is 4.90 Å². The van der Waals surface area contributed by atoms with E-state index in [1.54, 1.807) is 0 Å². The fourth-order valence-electron chi connectivity index (χ4n) is 3.56. The van der Waals surface area contributed by atoms with E-state index in [9.17, 15) is 4.79 Å². The zero-order chi connectivity index (χ0) is 15.0. The number of hydrogen-bond acceptors (Lipinski definition) is 2. The molecule has 4 heteroatoms. The smallest absolute Gasteiger partial charge is 0.264 e. The normalized spacial score (nSPS) is 21.4. The van der Waals surface area contributed by atoms with E-state index >= 15 is 0 Å². The van der Waals surface area contributed by atoms with Crippen molar-refractivity contribution in [2.24, 2.45) is 0 Å². The van der Waals surface area contributed by atoms with E-state index in [4.69, 9.17) is 16.3 Å². The Kier molecular flexibility index (Phi) is 4.12. The molecule has 2 aliphatic rings. The van der Waals surface area contributed by atoms with Crippen LogP contribution in [-0.2, 0) is 11.2 Å². The van der Waals surface area contributed by atoms with Crippen LogP contribution >= 0.6 is 11.6 Å². The summed E-state index contributed by atoms with van der Waals surface area (Å²) in [6.07, 6.45) is 4.93. The molecule has 0 aromatic heterocycles. The Balaban J connectivity index is 1.76. The number of carbonyl (C=O) groups excluding carboxylic acids is 1. The van der Waals surface area contributed by atoms with Crippen molar-refractivity contribution in [2.75, 3.05) is 0 Å². The maximum Gasteiger partial charge on any atom is 0.264 e. The lowest BCUT2D eigenvalue weighted by Crippen LogP contribution is -2.49. The average Bonchev–Trinajstić information content (AvgIpc) is 3.06. The molecule has 1 aromatic carbocycles. The van der Waals surface area contributed by atoms with E-state index in [1.165, 1.54) is 12.8 Å². The molecule has 1 aliphatic heterocycles. The number of rotatable bonds is 3. The summed E-state index contributed by atoms with van der Waals surface area (Å²) in [4.78, 5) is 14.9. The van der Waals surface area contributed by atoms with Gasteiger partial charge in [0.2, 0.25) is 0 Å². The topological polar surface area (TPSA) is 29.5 Å². The predicted octanol–water partition coefficient (Wildman–Crippen LogP) is 3.82. The minimum atomic E-state index is -0.388. The molecular weight excluding hydrogens is 286 g/mol. The third-order valence-corrected chi connectivity index (χ3v) is 4.74. The SMILES string of the molecule is CC(C)N(C(=O)C1Cc2cc(Cl)ccc2O1)C1CCCC1. The van der Waals surface area contributed by atoms with Crippen molar-refractivity contribution in [3.63, 3.8) is 0 Å². The summed E-state index contributed by atoms with van der Waals surface area (Å²) in [5.41, 5.74) is 1.04. The van der Waals surface area contributed by atoms with Crippen LogP contribution in [0.15, 0.2) is 18.2 Å². The summed E-state index contributed by atoms with van der Waals surface area (Å²) < 4.78 is 5.86. The molecule has 1 aromatic rings. The Labute approximate surface area is 131 Å². The average molecular weight is 308 g/mol. The highest BCUT2D eigenvalue weighted by Crippen LogP contribution is 2.33. The predicted molar refractivity (Wildman–Crippen MR) is 83.8 cm³/mol. The first-order valence-electron chi connectivity index (χ1n) is 7.83. The molecule has 1 atom stereocenters. The molecule has 1 amide bonds. The first-order valence-corrected chi connectivity index (χ1v) is 8.21. The van der Waals surface area contributed by atoms with Crippen LogP contribution < -0.4 is 4.74 Å². The lowest BCUT2D eigenvalue weighted by molar-refractivity contribution is -0.142. The van der Waals surface area contributed by atoms with Crippen LogP contribution in [0.5, 0.6) is 5.75 Å². The zero-order valence-electron chi connectivity index (χ0n) is 12.6. The number of nitrogens with zero attached hydrogens (tertiary/aromatic N) is 1. The van der Waals surface area contributed by atoms with Gasteiger partial charge in [0.25, 0.3) is 5.91 Å². The van der Waals surface area contributed by atoms with Crippen LogP contribution in [-0.4, -0.2) is 29.0 Å². The highest BCUT2D eigenvalue weighted by atomic mass is 35.5. The molecule has 0 radical (unpaired) electrons. The molecule has 3 nitrogen and oxygen atoms in total. The van der Waals surface area contributed by atoms with Gasteiger partial charge >= 0.3 is 0 Å². The molecule has 1 saturated carbocycles. The minimum Gasteiger partial charge on any atom is -0.480 e. The largest absolute Gasteiger partial charge is 0.480 e. The van der Waals surface area contributed by atoms with Gasteiger partial charge in [0, 0.05) is 23.5 Å². The van der Waals surface area contributed by atoms with Crippen LogP contribution in [0, 0.1) is 0 Å². The number of fused-ring (bicyclic) bond motifs is 1. The summed E-state index contributed by atoms with van der Waals surface area (Å²) in [6, 6.07) is 6.18. The molecule has 0 bridgehead atoms. The Hall–Kier alpha value is -1.22. The number of carbonyl (C=O) groups is 1. The van der Waals surface area contributed by atoms with E-state index in [0.717, 1.165) is 24.2 Å². The number of halogens is 1. The lowest BCUT2D eigenvalue weighted by Gasteiger charge is -2.34. The van der Waals surface area contributed by atoms with Gasteiger partial charge in [0.1, 0.15) is 5.75 Å².